The molecule has 23 heavy (non-hydrogen) atoms. The third-order valence-electron chi connectivity index (χ3n) is 3.30. The topological polar surface area (TPSA) is 40.5 Å². The van der Waals surface area contributed by atoms with Gasteiger partial charge in [-0.3, -0.25) is 4.79 Å². The molecule has 1 N–H and O–H groups in total. The van der Waals surface area contributed by atoms with Crippen molar-refractivity contribution in [2.24, 2.45) is 0 Å². The molecule has 130 valence electrons. The molecular formula is C17H24F3NO2. The van der Waals surface area contributed by atoms with Crippen molar-refractivity contribution in [3.8, 4) is 0 Å². The number of hydrogen-bond donors (Lipinski definition) is 1. The van der Waals surface area contributed by atoms with Gasteiger partial charge >= 0.3 is 6.18 Å². The summed E-state index contributed by atoms with van der Waals surface area (Å²) in [4.78, 5) is 14.4. The fourth-order valence-electron chi connectivity index (χ4n) is 2.78. The van der Waals surface area contributed by atoms with Crippen LogP contribution >= 0.6 is 0 Å². The molecule has 6 heteroatoms. The van der Waals surface area contributed by atoms with E-state index in [4.69, 9.17) is 0 Å². The summed E-state index contributed by atoms with van der Waals surface area (Å²) in [6.45, 7) is 11.2. The van der Waals surface area contributed by atoms with Crippen LogP contribution in [0.25, 0.3) is 0 Å². The van der Waals surface area contributed by atoms with Gasteiger partial charge in [0, 0.05) is 16.6 Å². The highest BCUT2D eigenvalue weighted by Gasteiger charge is 2.40. The van der Waals surface area contributed by atoms with Gasteiger partial charge < -0.3 is 10.0 Å². The first-order chi connectivity index (χ1) is 10.2. The van der Waals surface area contributed by atoms with Crippen LogP contribution in [-0.4, -0.2) is 33.2 Å². The van der Waals surface area contributed by atoms with Crippen molar-refractivity contribution >= 4 is 5.91 Å². The van der Waals surface area contributed by atoms with E-state index in [-0.39, 0.29) is 17.0 Å². The Balaban J connectivity index is 3.28. The van der Waals surface area contributed by atoms with E-state index in [1.165, 1.54) is 12.1 Å². The summed E-state index contributed by atoms with van der Waals surface area (Å²) in [5, 5.41) is 9.37. The van der Waals surface area contributed by atoms with Crippen molar-refractivity contribution in [2.75, 3.05) is 0 Å². The molecule has 0 fully saturated rings. The van der Waals surface area contributed by atoms with Crippen molar-refractivity contribution in [1.82, 2.24) is 4.90 Å². The fraction of sp³-hybridized carbons (Fsp3) is 0.588. The number of alkyl halides is 3. The average Bonchev–Trinajstić information content (AvgIpc) is 2.33. The van der Waals surface area contributed by atoms with E-state index in [1.54, 1.807) is 4.90 Å². The maximum Gasteiger partial charge on any atom is 0.418 e. The second kappa shape index (κ2) is 6.15. The van der Waals surface area contributed by atoms with Crippen LogP contribution in [0.1, 0.15) is 63.6 Å². The molecule has 0 spiro atoms. The number of halogens is 3. The number of amides is 1. The van der Waals surface area contributed by atoms with Gasteiger partial charge in [-0.15, -0.1) is 0 Å². The zero-order chi connectivity index (χ0) is 18.2. The molecular weight excluding hydrogens is 307 g/mol. The third kappa shape index (κ3) is 4.70. The van der Waals surface area contributed by atoms with Gasteiger partial charge in [0.05, 0.1) is 0 Å². The highest BCUT2D eigenvalue weighted by Crippen LogP contribution is 2.33. The predicted molar refractivity (Wildman–Crippen MR) is 83.1 cm³/mol. The Bertz CT molecular complexity index is 554. The van der Waals surface area contributed by atoms with Crippen molar-refractivity contribution in [3.05, 3.63) is 35.4 Å². The van der Waals surface area contributed by atoms with Crippen LogP contribution in [0.3, 0.4) is 0 Å². The van der Waals surface area contributed by atoms with Crippen LogP contribution < -0.4 is 0 Å². The summed E-state index contributed by atoms with van der Waals surface area (Å²) in [6, 6.07) is 5.07. The first kappa shape index (κ1) is 19.5. The standard InChI is InChI=1S/C17H24F3NO2/c1-15(2,3)21(16(4,5)6)14(23)12-9-7-8-11(10-12)13(22)17(18,19)20/h7-10,13,22H,1-6H3. The first-order valence-electron chi connectivity index (χ1n) is 7.35. The summed E-state index contributed by atoms with van der Waals surface area (Å²) >= 11 is 0. The molecule has 1 amide bonds. The summed E-state index contributed by atoms with van der Waals surface area (Å²) in [7, 11) is 0. The number of benzene rings is 1. The van der Waals surface area contributed by atoms with E-state index < -0.39 is 23.4 Å². The second-order valence-corrected chi connectivity index (χ2v) is 7.55. The Kier molecular flexibility index (Phi) is 5.21. The molecule has 0 aliphatic carbocycles. The monoisotopic (exact) mass is 331 g/mol. The number of carbonyl (C=O) groups is 1. The lowest BCUT2D eigenvalue weighted by Gasteiger charge is -2.45. The lowest BCUT2D eigenvalue weighted by Crippen LogP contribution is -2.55. The minimum absolute atomic E-state index is 0.121. The number of carbonyl (C=O) groups excluding carboxylic acids is 1. The number of nitrogens with zero attached hydrogens (tertiary/aromatic N) is 1. The fourth-order valence-corrected chi connectivity index (χ4v) is 2.78. The first-order valence-corrected chi connectivity index (χ1v) is 7.35. The van der Waals surface area contributed by atoms with E-state index >= 15 is 0 Å². The van der Waals surface area contributed by atoms with Crippen LogP contribution in [-0.2, 0) is 0 Å². The van der Waals surface area contributed by atoms with Gasteiger partial charge in [0.15, 0.2) is 6.10 Å². The highest BCUT2D eigenvalue weighted by molar-refractivity contribution is 5.95. The molecule has 0 saturated carbocycles. The molecule has 0 radical (unpaired) electrons. The van der Waals surface area contributed by atoms with E-state index in [1.807, 2.05) is 41.5 Å². The van der Waals surface area contributed by atoms with Crippen molar-refractivity contribution in [3.63, 3.8) is 0 Å². The maximum atomic E-state index is 12.8. The highest BCUT2D eigenvalue weighted by atomic mass is 19.4. The molecule has 1 aromatic rings. The largest absolute Gasteiger partial charge is 0.418 e. The molecule has 1 aromatic carbocycles. The molecule has 1 unspecified atom stereocenters. The average molecular weight is 331 g/mol. The minimum atomic E-state index is -4.77. The number of rotatable bonds is 2. The Hall–Kier alpha value is -1.56. The van der Waals surface area contributed by atoms with Crippen LogP contribution in [0, 0.1) is 0 Å². The summed E-state index contributed by atoms with van der Waals surface area (Å²) < 4.78 is 38.0. The molecule has 0 saturated heterocycles. The van der Waals surface area contributed by atoms with Gasteiger partial charge in [-0.1, -0.05) is 12.1 Å². The Labute approximate surface area is 135 Å². The smallest absolute Gasteiger partial charge is 0.379 e. The summed E-state index contributed by atoms with van der Waals surface area (Å²) in [6.07, 6.45) is -7.37. The lowest BCUT2D eigenvalue weighted by molar-refractivity contribution is -0.206. The Morgan fingerprint density at radius 3 is 1.91 bits per heavy atom. The van der Waals surface area contributed by atoms with E-state index in [0.29, 0.717) is 0 Å². The third-order valence-corrected chi connectivity index (χ3v) is 3.30. The molecule has 3 nitrogen and oxygen atoms in total. The van der Waals surface area contributed by atoms with Crippen LogP contribution in [0.4, 0.5) is 13.2 Å². The number of hydrogen-bond acceptors (Lipinski definition) is 2. The van der Waals surface area contributed by atoms with Gasteiger partial charge in [-0.25, -0.2) is 0 Å². The van der Waals surface area contributed by atoms with E-state index in [2.05, 4.69) is 0 Å². The van der Waals surface area contributed by atoms with Crippen LogP contribution in [0.2, 0.25) is 0 Å². The van der Waals surface area contributed by atoms with Gasteiger partial charge in [0.1, 0.15) is 0 Å². The summed E-state index contributed by atoms with van der Waals surface area (Å²) in [5.74, 6) is -0.374. The molecule has 0 aliphatic heterocycles. The lowest BCUT2D eigenvalue weighted by atomic mass is 9.94. The quantitative estimate of drug-likeness (QED) is 0.877. The van der Waals surface area contributed by atoms with Crippen molar-refractivity contribution in [1.29, 1.82) is 0 Å². The number of aliphatic hydroxyl groups is 1. The SMILES string of the molecule is CC(C)(C)N(C(=O)c1cccc(C(O)C(F)(F)F)c1)C(C)(C)C. The molecule has 1 rings (SSSR count). The van der Waals surface area contributed by atoms with Crippen LogP contribution in [0.15, 0.2) is 24.3 Å². The van der Waals surface area contributed by atoms with Crippen molar-refractivity contribution in [2.45, 2.75) is 64.9 Å². The van der Waals surface area contributed by atoms with Crippen LogP contribution in [0.5, 0.6) is 0 Å². The van der Waals surface area contributed by atoms with Gasteiger partial charge in [0.2, 0.25) is 0 Å². The minimum Gasteiger partial charge on any atom is -0.379 e. The number of aliphatic hydroxyl groups excluding tert-OH is 1. The molecule has 0 bridgehead atoms. The summed E-state index contributed by atoms with van der Waals surface area (Å²) in [5.41, 5.74) is -1.23. The normalized spacial score (nSPS) is 14.5. The zero-order valence-electron chi connectivity index (χ0n) is 14.3. The van der Waals surface area contributed by atoms with Gasteiger partial charge in [0.25, 0.3) is 5.91 Å². The molecule has 0 aromatic heterocycles. The molecule has 0 heterocycles. The van der Waals surface area contributed by atoms with Gasteiger partial charge in [-0.05, 0) is 59.2 Å². The zero-order valence-corrected chi connectivity index (χ0v) is 14.3. The second-order valence-electron chi connectivity index (χ2n) is 7.55. The Morgan fingerprint density at radius 2 is 1.52 bits per heavy atom. The van der Waals surface area contributed by atoms with Crippen molar-refractivity contribution < 1.29 is 23.1 Å². The maximum absolute atomic E-state index is 12.8. The van der Waals surface area contributed by atoms with E-state index in [9.17, 15) is 23.1 Å². The molecule has 1 atom stereocenters. The predicted octanol–water partition coefficient (Wildman–Crippen LogP) is 4.32. The Morgan fingerprint density at radius 1 is 1.04 bits per heavy atom. The molecule has 0 aliphatic rings. The van der Waals surface area contributed by atoms with E-state index in [0.717, 1.165) is 12.1 Å². The van der Waals surface area contributed by atoms with Gasteiger partial charge in [-0.2, -0.15) is 13.2 Å².